The molecule has 0 aromatic heterocycles. The van der Waals surface area contributed by atoms with Crippen molar-refractivity contribution in [3.8, 4) is 6.07 Å². The molecule has 4 nitrogen and oxygen atoms in total. The van der Waals surface area contributed by atoms with Gasteiger partial charge in [-0.25, -0.2) is 9.18 Å². The van der Waals surface area contributed by atoms with E-state index in [2.05, 4.69) is 5.32 Å². The Kier molecular flexibility index (Phi) is 4.49. The molecule has 0 saturated carbocycles. The molecule has 1 N–H and O–H groups in total. The Bertz CT molecular complexity index is 515. The van der Waals surface area contributed by atoms with E-state index in [1.807, 2.05) is 0 Å². The van der Waals surface area contributed by atoms with Gasteiger partial charge in [-0.2, -0.15) is 5.26 Å². The van der Waals surface area contributed by atoms with Gasteiger partial charge in [-0.1, -0.05) is 12.1 Å². The van der Waals surface area contributed by atoms with Crippen LogP contribution in [-0.4, -0.2) is 11.7 Å². The highest BCUT2D eigenvalue weighted by Gasteiger charge is 2.20. The van der Waals surface area contributed by atoms with Crippen LogP contribution in [0.15, 0.2) is 18.2 Å². The summed E-state index contributed by atoms with van der Waals surface area (Å²) in [5.74, 6) is -0.617. The van der Waals surface area contributed by atoms with Gasteiger partial charge in [-0.05, 0) is 33.8 Å². The smallest absolute Gasteiger partial charge is 0.408 e. The Labute approximate surface area is 112 Å². The van der Waals surface area contributed by atoms with Crippen molar-refractivity contribution in [1.82, 2.24) is 5.32 Å². The van der Waals surface area contributed by atoms with Crippen molar-refractivity contribution in [2.45, 2.75) is 39.3 Å². The Morgan fingerprint density at radius 2 is 2.11 bits per heavy atom. The van der Waals surface area contributed by atoms with Gasteiger partial charge in [0.25, 0.3) is 0 Å². The number of nitriles is 1. The van der Waals surface area contributed by atoms with E-state index in [1.165, 1.54) is 12.1 Å². The van der Waals surface area contributed by atoms with Crippen molar-refractivity contribution >= 4 is 6.09 Å². The number of ether oxygens (including phenoxy) is 1. The number of nitrogens with zero attached hydrogens (tertiary/aromatic N) is 1. The molecule has 102 valence electrons. The van der Waals surface area contributed by atoms with Crippen LogP contribution in [0.25, 0.3) is 0 Å². The number of hydrogen-bond donors (Lipinski definition) is 1. The molecular formula is C14H17FN2O2. The topological polar surface area (TPSA) is 62.1 Å². The van der Waals surface area contributed by atoms with E-state index in [0.717, 1.165) is 0 Å². The lowest BCUT2D eigenvalue weighted by molar-refractivity contribution is 0.0507. The normalized spacial score (nSPS) is 12.4. The molecule has 1 rings (SSSR count). The largest absolute Gasteiger partial charge is 0.444 e. The third-order valence-electron chi connectivity index (χ3n) is 2.35. The molecular weight excluding hydrogens is 247 g/mol. The Morgan fingerprint density at radius 3 is 2.63 bits per heavy atom. The van der Waals surface area contributed by atoms with Gasteiger partial charge in [-0.15, -0.1) is 0 Å². The van der Waals surface area contributed by atoms with Gasteiger partial charge >= 0.3 is 6.09 Å². The molecule has 0 bridgehead atoms. The van der Waals surface area contributed by atoms with Crippen LogP contribution in [0.2, 0.25) is 0 Å². The summed E-state index contributed by atoms with van der Waals surface area (Å²) in [5, 5.41) is 11.3. The number of hydrogen-bond acceptors (Lipinski definition) is 3. The maximum Gasteiger partial charge on any atom is 0.408 e. The minimum absolute atomic E-state index is 0.0460. The lowest BCUT2D eigenvalue weighted by Gasteiger charge is -2.22. The van der Waals surface area contributed by atoms with Gasteiger partial charge in [0.05, 0.1) is 11.6 Å². The van der Waals surface area contributed by atoms with Crippen LogP contribution in [-0.2, 0) is 4.74 Å². The number of benzene rings is 1. The molecule has 0 fully saturated rings. The van der Waals surface area contributed by atoms with Crippen molar-refractivity contribution < 1.29 is 13.9 Å². The molecule has 0 aliphatic carbocycles. The van der Waals surface area contributed by atoms with E-state index in [-0.39, 0.29) is 11.1 Å². The second-order valence-corrected chi connectivity index (χ2v) is 5.19. The van der Waals surface area contributed by atoms with E-state index >= 15 is 0 Å². The van der Waals surface area contributed by atoms with Gasteiger partial charge in [0, 0.05) is 5.56 Å². The number of halogens is 1. The van der Waals surface area contributed by atoms with Crippen molar-refractivity contribution in [1.29, 1.82) is 5.26 Å². The molecule has 0 aliphatic heterocycles. The Balaban J connectivity index is 2.82. The summed E-state index contributed by atoms with van der Waals surface area (Å²) < 4.78 is 19.0. The molecule has 1 unspecified atom stereocenters. The van der Waals surface area contributed by atoms with Gasteiger partial charge in [0.15, 0.2) is 0 Å². The Morgan fingerprint density at radius 1 is 1.47 bits per heavy atom. The molecule has 1 aromatic rings. The minimum atomic E-state index is -0.623. The first kappa shape index (κ1) is 15.0. The third-order valence-corrected chi connectivity index (χ3v) is 2.35. The Hall–Kier alpha value is -2.09. The van der Waals surface area contributed by atoms with Gasteiger partial charge in [-0.3, -0.25) is 0 Å². The molecule has 0 aliphatic rings. The van der Waals surface area contributed by atoms with Crippen LogP contribution in [0.4, 0.5) is 9.18 Å². The zero-order valence-electron chi connectivity index (χ0n) is 11.5. The zero-order valence-corrected chi connectivity index (χ0v) is 11.5. The van der Waals surface area contributed by atoms with Gasteiger partial charge in [0.2, 0.25) is 0 Å². The van der Waals surface area contributed by atoms with Crippen LogP contribution >= 0.6 is 0 Å². The van der Waals surface area contributed by atoms with E-state index in [1.54, 1.807) is 39.8 Å². The number of alkyl carbamates (subject to hydrolysis) is 1. The number of nitrogens with one attached hydrogen (secondary N) is 1. The van der Waals surface area contributed by atoms with Gasteiger partial charge < -0.3 is 10.1 Å². The fourth-order valence-electron chi connectivity index (χ4n) is 1.53. The van der Waals surface area contributed by atoms with Crippen LogP contribution in [0.1, 0.15) is 44.9 Å². The first-order valence-electron chi connectivity index (χ1n) is 5.92. The molecule has 0 spiro atoms. The lowest BCUT2D eigenvalue weighted by atomic mass is 10.0. The van der Waals surface area contributed by atoms with Crippen LogP contribution in [0.5, 0.6) is 0 Å². The molecule has 0 saturated heterocycles. The van der Waals surface area contributed by atoms with Crippen molar-refractivity contribution in [3.63, 3.8) is 0 Å². The summed E-state index contributed by atoms with van der Waals surface area (Å²) >= 11 is 0. The molecule has 5 heteroatoms. The van der Waals surface area contributed by atoms with Gasteiger partial charge in [0.1, 0.15) is 17.5 Å². The maximum absolute atomic E-state index is 13.9. The van der Waals surface area contributed by atoms with E-state index < -0.39 is 23.6 Å². The number of carbonyl (C=O) groups is 1. The second-order valence-electron chi connectivity index (χ2n) is 5.19. The van der Waals surface area contributed by atoms with E-state index in [9.17, 15) is 9.18 Å². The number of carbonyl (C=O) groups excluding carboxylic acids is 1. The summed E-state index contributed by atoms with van der Waals surface area (Å²) in [6.07, 6.45) is -0.623. The fraction of sp³-hybridized carbons (Fsp3) is 0.429. The quantitative estimate of drug-likeness (QED) is 0.891. The average molecular weight is 264 g/mol. The van der Waals surface area contributed by atoms with Crippen LogP contribution < -0.4 is 5.32 Å². The van der Waals surface area contributed by atoms with Crippen molar-refractivity contribution in [2.75, 3.05) is 0 Å². The summed E-state index contributed by atoms with van der Waals surface area (Å²) in [4.78, 5) is 11.6. The molecule has 0 radical (unpaired) electrons. The highest BCUT2D eigenvalue weighted by Crippen LogP contribution is 2.20. The molecule has 1 aromatic carbocycles. The van der Waals surface area contributed by atoms with E-state index in [0.29, 0.717) is 0 Å². The molecule has 0 heterocycles. The second kappa shape index (κ2) is 5.70. The molecule has 19 heavy (non-hydrogen) atoms. The van der Waals surface area contributed by atoms with Crippen LogP contribution in [0, 0.1) is 17.1 Å². The highest BCUT2D eigenvalue weighted by atomic mass is 19.1. The standard InChI is InChI=1S/C14H17FN2O2/c1-9(17-13(18)19-14(2,3)4)11-7-5-6-10(8-16)12(11)15/h5-7,9H,1-4H3,(H,17,18). The SMILES string of the molecule is CC(NC(=O)OC(C)(C)C)c1cccc(C#N)c1F. The predicted molar refractivity (Wildman–Crippen MR) is 68.9 cm³/mol. The summed E-state index contributed by atoms with van der Waals surface area (Å²) in [5.41, 5.74) is -0.406. The summed E-state index contributed by atoms with van der Waals surface area (Å²) in [7, 11) is 0. The summed E-state index contributed by atoms with van der Waals surface area (Å²) in [6.45, 7) is 6.86. The average Bonchev–Trinajstić information content (AvgIpc) is 2.26. The van der Waals surface area contributed by atoms with Crippen molar-refractivity contribution in [3.05, 3.63) is 35.1 Å². The molecule has 1 atom stereocenters. The first-order valence-corrected chi connectivity index (χ1v) is 5.92. The van der Waals surface area contributed by atoms with Crippen molar-refractivity contribution in [2.24, 2.45) is 0 Å². The first-order chi connectivity index (χ1) is 8.74. The number of amides is 1. The molecule has 1 amide bonds. The highest BCUT2D eigenvalue weighted by molar-refractivity contribution is 5.68. The minimum Gasteiger partial charge on any atom is -0.444 e. The maximum atomic E-state index is 13.9. The predicted octanol–water partition coefficient (Wildman–Crippen LogP) is 3.28. The van der Waals surface area contributed by atoms with E-state index in [4.69, 9.17) is 10.00 Å². The van der Waals surface area contributed by atoms with Crippen LogP contribution in [0.3, 0.4) is 0 Å². The fourth-order valence-corrected chi connectivity index (χ4v) is 1.53. The number of rotatable bonds is 2. The lowest BCUT2D eigenvalue weighted by Crippen LogP contribution is -2.34. The third kappa shape index (κ3) is 4.25. The zero-order chi connectivity index (χ0) is 14.6. The monoisotopic (exact) mass is 264 g/mol. The summed E-state index contributed by atoms with van der Waals surface area (Å²) in [6, 6.07) is 5.67.